The molecule has 2 heteroatoms. The van der Waals surface area contributed by atoms with Crippen LogP contribution in [0.5, 0.6) is 0 Å². The second kappa shape index (κ2) is 4.34. The summed E-state index contributed by atoms with van der Waals surface area (Å²) in [7, 11) is 0. The Bertz CT molecular complexity index is 806. The van der Waals surface area contributed by atoms with Crippen LogP contribution in [-0.2, 0) is 6.42 Å². The van der Waals surface area contributed by atoms with Gasteiger partial charge in [-0.3, -0.25) is 4.98 Å². The molecule has 0 saturated heterocycles. The topological polar surface area (TPSA) is 24.9 Å². The lowest BCUT2D eigenvalue weighted by atomic mass is 10.00. The number of benzene rings is 2. The summed E-state index contributed by atoms with van der Waals surface area (Å²) in [6, 6.07) is 17.4. The summed E-state index contributed by atoms with van der Waals surface area (Å²) in [4.78, 5) is 4.56. The van der Waals surface area contributed by atoms with Gasteiger partial charge in [0.2, 0.25) is 0 Å². The molecule has 3 aromatic rings. The molecule has 2 heterocycles. The van der Waals surface area contributed by atoms with Crippen LogP contribution in [0.3, 0.4) is 0 Å². The fourth-order valence-corrected chi connectivity index (χ4v) is 2.89. The van der Waals surface area contributed by atoms with Crippen molar-refractivity contribution in [2.75, 3.05) is 11.9 Å². The van der Waals surface area contributed by atoms with Crippen LogP contribution in [0.2, 0.25) is 0 Å². The van der Waals surface area contributed by atoms with E-state index in [0.717, 1.165) is 24.2 Å². The maximum atomic E-state index is 4.56. The predicted octanol–water partition coefficient (Wildman–Crippen LogP) is 4.18. The molecule has 1 N–H and O–H groups in total. The number of fused-ring (bicyclic) bond motifs is 2. The first-order valence-corrected chi connectivity index (χ1v) is 7.04. The molecule has 1 aliphatic heterocycles. The van der Waals surface area contributed by atoms with Crippen molar-refractivity contribution in [3.05, 3.63) is 59.8 Å². The number of pyridine rings is 1. The largest absolute Gasteiger partial charge is 0.384 e. The minimum atomic E-state index is 1.06. The lowest BCUT2D eigenvalue weighted by Gasteiger charge is -2.07. The van der Waals surface area contributed by atoms with Crippen molar-refractivity contribution in [3.8, 4) is 11.1 Å². The van der Waals surface area contributed by atoms with Crippen LogP contribution < -0.4 is 5.32 Å². The first kappa shape index (κ1) is 11.5. The molecule has 1 aliphatic rings. The van der Waals surface area contributed by atoms with E-state index in [0.29, 0.717) is 0 Å². The lowest BCUT2D eigenvalue weighted by Crippen LogP contribution is -1.90. The highest BCUT2D eigenvalue weighted by atomic mass is 14.9. The zero-order chi connectivity index (χ0) is 13.5. The third-order valence-corrected chi connectivity index (χ3v) is 3.98. The summed E-state index contributed by atoms with van der Waals surface area (Å²) in [6.07, 6.45) is 1.12. The summed E-state index contributed by atoms with van der Waals surface area (Å²) in [5, 5.41) is 4.61. The maximum absolute atomic E-state index is 4.56. The second-order valence-electron chi connectivity index (χ2n) is 5.41. The summed E-state index contributed by atoms with van der Waals surface area (Å²) in [6.45, 7) is 3.08. The lowest BCUT2D eigenvalue weighted by molar-refractivity contribution is 1.11. The van der Waals surface area contributed by atoms with Gasteiger partial charge in [0.05, 0.1) is 5.52 Å². The van der Waals surface area contributed by atoms with Crippen LogP contribution in [0.4, 0.5) is 5.69 Å². The Morgan fingerprint density at radius 1 is 0.950 bits per heavy atom. The van der Waals surface area contributed by atoms with Crippen molar-refractivity contribution in [1.82, 2.24) is 4.98 Å². The molecule has 2 aromatic carbocycles. The van der Waals surface area contributed by atoms with Crippen molar-refractivity contribution < 1.29 is 0 Å². The van der Waals surface area contributed by atoms with Crippen LogP contribution in [0, 0.1) is 6.92 Å². The Labute approximate surface area is 118 Å². The summed E-state index contributed by atoms with van der Waals surface area (Å²) >= 11 is 0. The summed E-state index contributed by atoms with van der Waals surface area (Å²) in [5.74, 6) is 0. The second-order valence-corrected chi connectivity index (χ2v) is 5.41. The molecule has 1 aromatic heterocycles. The average Bonchev–Trinajstić information content (AvgIpc) is 2.94. The van der Waals surface area contributed by atoms with Gasteiger partial charge >= 0.3 is 0 Å². The standard InChI is InChI=1S/C18H16N2/c1-12-2-3-15-10-14(5-7-18(15)20-12)13-4-6-17-16(11-13)8-9-19-17/h2-7,10-11,19H,8-9H2,1H3. The number of nitrogens with zero attached hydrogens (tertiary/aromatic N) is 1. The van der Waals surface area contributed by atoms with Gasteiger partial charge in [-0.05, 0) is 60.4 Å². The van der Waals surface area contributed by atoms with E-state index in [-0.39, 0.29) is 0 Å². The summed E-state index contributed by atoms with van der Waals surface area (Å²) < 4.78 is 0. The Balaban J connectivity index is 1.83. The predicted molar refractivity (Wildman–Crippen MR) is 84.1 cm³/mol. The van der Waals surface area contributed by atoms with Crippen molar-refractivity contribution in [2.45, 2.75) is 13.3 Å². The van der Waals surface area contributed by atoms with Crippen LogP contribution in [0.25, 0.3) is 22.0 Å². The minimum Gasteiger partial charge on any atom is -0.384 e. The Kier molecular flexibility index (Phi) is 2.49. The molecule has 0 saturated carbocycles. The van der Waals surface area contributed by atoms with E-state index in [1.807, 2.05) is 6.92 Å². The number of anilines is 1. The van der Waals surface area contributed by atoms with Gasteiger partial charge < -0.3 is 5.32 Å². The van der Waals surface area contributed by atoms with E-state index in [9.17, 15) is 0 Å². The van der Waals surface area contributed by atoms with Crippen LogP contribution in [0.15, 0.2) is 48.5 Å². The van der Waals surface area contributed by atoms with Gasteiger partial charge in [-0.25, -0.2) is 0 Å². The third kappa shape index (κ3) is 1.85. The minimum absolute atomic E-state index is 1.06. The zero-order valence-electron chi connectivity index (χ0n) is 11.5. The Morgan fingerprint density at radius 2 is 1.80 bits per heavy atom. The van der Waals surface area contributed by atoms with E-state index >= 15 is 0 Å². The first-order chi connectivity index (χ1) is 9.79. The number of rotatable bonds is 1. The number of hydrogen-bond acceptors (Lipinski definition) is 2. The van der Waals surface area contributed by atoms with E-state index in [1.54, 1.807) is 0 Å². The van der Waals surface area contributed by atoms with Crippen molar-refractivity contribution in [3.63, 3.8) is 0 Å². The van der Waals surface area contributed by atoms with E-state index in [2.05, 4.69) is 58.8 Å². The molecule has 2 nitrogen and oxygen atoms in total. The van der Waals surface area contributed by atoms with Gasteiger partial charge in [-0.15, -0.1) is 0 Å². The zero-order valence-corrected chi connectivity index (χ0v) is 11.5. The molecule has 0 atom stereocenters. The number of nitrogens with one attached hydrogen (secondary N) is 1. The molecule has 0 aliphatic carbocycles. The Hall–Kier alpha value is -2.35. The molecule has 98 valence electrons. The van der Waals surface area contributed by atoms with Gasteiger partial charge in [0.1, 0.15) is 0 Å². The highest BCUT2D eigenvalue weighted by Crippen LogP contribution is 2.30. The highest BCUT2D eigenvalue weighted by Gasteiger charge is 2.10. The van der Waals surface area contributed by atoms with Gasteiger partial charge in [0, 0.05) is 23.3 Å². The van der Waals surface area contributed by atoms with Crippen molar-refractivity contribution in [1.29, 1.82) is 0 Å². The SMILES string of the molecule is Cc1ccc2cc(-c3ccc4c(c3)CCN4)ccc2n1. The molecule has 4 rings (SSSR count). The number of aryl methyl sites for hydroxylation is 1. The fourth-order valence-electron chi connectivity index (χ4n) is 2.89. The average molecular weight is 260 g/mol. The highest BCUT2D eigenvalue weighted by molar-refractivity contribution is 5.85. The van der Waals surface area contributed by atoms with Crippen molar-refractivity contribution in [2.24, 2.45) is 0 Å². The molecule has 0 bridgehead atoms. The van der Waals surface area contributed by atoms with Crippen molar-refractivity contribution >= 4 is 16.6 Å². The summed E-state index contributed by atoms with van der Waals surface area (Å²) in [5.41, 5.74) is 7.38. The quantitative estimate of drug-likeness (QED) is 0.710. The van der Waals surface area contributed by atoms with E-state index in [4.69, 9.17) is 0 Å². The molecule has 0 fully saturated rings. The van der Waals surface area contributed by atoms with Crippen LogP contribution in [-0.4, -0.2) is 11.5 Å². The smallest absolute Gasteiger partial charge is 0.0705 e. The van der Waals surface area contributed by atoms with Gasteiger partial charge in [-0.1, -0.05) is 18.2 Å². The van der Waals surface area contributed by atoms with Crippen LogP contribution >= 0.6 is 0 Å². The Morgan fingerprint density at radius 3 is 2.75 bits per heavy atom. The molecule has 0 amide bonds. The van der Waals surface area contributed by atoms with Gasteiger partial charge in [0.15, 0.2) is 0 Å². The fraction of sp³-hybridized carbons (Fsp3) is 0.167. The number of aromatic nitrogens is 1. The van der Waals surface area contributed by atoms with Gasteiger partial charge in [0.25, 0.3) is 0 Å². The van der Waals surface area contributed by atoms with E-state index in [1.165, 1.54) is 27.8 Å². The first-order valence-electron chi connectivity index (χ1n) is 7.04. The normalized spacial score (nSPS) is 13.2. The third-order valence-electron chi connectivity index (χ3n) is 3.98. The van der Waals surface area contributed by atoms with E-state index < -0.39 is 0 Å². The monoisotopic (exact) mass is 260 g/mol. The molecule has 20 heavy (non-hydrogen) atoms. The maximum Gasteiger partial charge on any atom is 0.0705 e. The van der Waals surface area contributed by atoms with Gasteiger partial charge in [-0.2, -0.15) is 0 Å². The molecule has 0 unspecified atom stereocenters. The molecular weight excluding hydrogens is 244 g/mol. The van der Waals surface area contributed by atoms with Crippen LogP contribution in [0.1, 0.15) is 11.3 Å². The molecular formula is C18H16N2. The molecule has 0 radical (unpaired) electrons. The number of hydrogen-bond donors (Lipinski definition) is 1. The molecule has 0 spiro atoms.